The third-order valence-electron chi connectivity index (χ3n) is 6.46. The number of carbonyl (C=O) groups is 1. The van der Waals surface area contributed by atoms with Crippen molar-refractivity contribution >= 4 is 22.7 Å². The van der Waals surface area contributed by atoms with E-state index in [1.54, 1.807) is 6.92 Å². The highest BCUT2D eigenvalue weighted by atomic mass is 16.6. The number of fused-ring (bicyclic) bond motifs is 2. The van der Waals surface area contributed by atoms with E-state index < -0.39 is 0 Å². The summed E-state index contributed by atoms with van der Waals surface area (Å²) < 4.78 is 19.5. The fourth-order valence-electron chi connectivity index (χ4n) is 4.66. The van der Waals surface area contributed by atoms with Crippen molar-refractivity contribution in [2.24, 2.45) is 0 Å². The van der Waals surface area contributed by atoms with Crippen LogP contribution in [-0.2, 0) is 16.0 Å². The van der Waals surface area contributed by atoms with Gasteiger partial charge in [-0.3, -0.25) is 9.48 Å². The summed E-state index contributed by atoms with van der Waals surface area (Å²) in [5.74, 6) is 0.670. The minimum atomic E-state index is 0.0156. The number of oxazole rings is 1. The SMILES string of the molecule is CC(=O)N1c2ccc(-c3cnn(C4COC4)c3)c(Oc3nc4ccccc4o3)c2CCC1C. The Morgan fingerprint density at radius 2 is 2.03 bits per heavy atom. The monoisotopic (exact) mass is 444 g/mol. The number of aromatic nitrogens is 3. The van der Waals surface area contributed by atoms with Crippen molar-refractivity contribution in [3.8, 4) is 23.0 Å². The normalized spacial score (nSPS) is 18.2. The van der Waals surface area contributed by atoms with Gasteiger partial charge >= 0.3 is 6.08 Å². The standard InChI is InChI=1S/C25H24N4O4/c1-15-7-8-20-22(29(15)16(2)30)10-9-19(17-11-26-28(12-17)18-13-31-14-18)24(20)33-25-27-21-5-3-4-6-23(21)32-25/h3-6,9-12,15,18H,7-8,13-14H2,1-2H3. The summed E-state index contributed by atoms with van der Waals surface area (Å²) in [6.45, 7) is 5.02. The minimum Gasteiger partial charge on any atom is -0.410 e. The summed E-state index contributed by atoms with van der Waals surface area (Å²) in [6, 6.07) is 11.9. The number of hydrogen-bond acceptors (Lipinski definition) is 6. The molecule has 1 atom stereocenters. The summed E-state index contributed by atoms with van der Waals surface area (Å²) in [4.78, 5) is 18.8. The Morgan fingerprint density at radius 1 is 1.18 bits per heavy atom. The van der Waals surface area contributed by atoms with Crippen LogP contribution < -0.4 is 9.64 Å². The number of carbonyl (C=O) groups excluding carboxylic acids is 1. The fourth-order valence-corrected chi connectivity index (χ4v) is 4.66. The number of rotatable bonds is 4. The molecule has 0 N–H and O–H groups in total. The molecule has 8 heteroatoms. The molecule has 2 aliphatic rings. The van der Waals surface area contributed by atoms with E-state index in [0.29, 0.717) is 24.5 Å². The molecular weight excluding hydrogens is 420 g/mol. The van der Waals surface area contributed by atoms with E-state index in [-0.39, 0.29) is 24.1 Å². The van der Waals surface area contributed by atoms with Gasteiger partial charge in [0.1, 0.15) is 11.3 Å². The zero-order chi connectivity index (χ0) is 22.5. The fraction of sp³-hybridized carbons (Fsp3) is 0.320. The van der Waals surface area contributed by atoms with Crippen molar-refractivity contribution in [2.45, 2.75) is 38.8 Å². The molecular formula is C25H24N4O4. The molecule has 0 saturated carbocycles. The van der Waals surface area contributed by atoms with Crippen LogP contribution >= 0.6 is 0 Å². The zero-order valence-electron chi connectivity index (χ0n) is 18.5. The quantitative estimate of drug-likeness (QED) is 0.452. The first-order valence-electron chi connectivity index (χ1n) is 11.2. The van der Waals surface area contributed by atoms with E-state index in [1.165, 1.54) is 0 Å². The van der Waals surface area contributed by atoms with Gasteiger partial charge in [-0.2, -0.15) is 10.1 Å². The van der Waals surface area contributed by atoms with Gasteiger partial charge in [0, 0.05) is 35.9 Å². The third-order valence-corrected chi connectivity index (χ3v) is 6.46. The largest absolute Gasteiger partial charge is 0.410 e. The number of benzene rings is 2. The van der Waals surface area contributed by atoms with Crippen LogP contribution in [0.5, 0.6) is 11.8 Å². The molecule has 0 radical (unpaired) electrons. The highest BCUT2D eigenvalue weighted by molar-refractivity contribution is 5.95. The Morgan fingerprint density at radius 3 is 2.79 bits per heavy atom. The van der Waals surface area contributed by atoms with Crippen LogP contribution in [-0.4, -0.2) is 39.9 Å². The van der Waals surface area contributed by atoms with E-state index in [1.807, 2.05) is 58.4 Å². The highest BCUT2D eigenvalue weighted by Gasteiger charge is 2.31. The first kappa shape index (κ1) is 20.0. The zero-order valence-corrected chi connectivity index (χ0v) is 18.5. The first-order chi connectivity index (χ1) is 16.1. The van der Waals surface area contributed by atoms with Crippen molar-refractivity contribution in [1.29, 1.82) is 0 Å². The van der Waals surface area contributed by atoms with Crippen LogP contribution in [0, 0.1) is 0 Å². The number of hydrogen-bond donors (Lipinski definition) is 0. The van der Waals surface area contributed by atoms with Crippen LogP contribution in [0.25, 0.3) is 22.2 Å². The Kier molecular flexibility index (Phi) is 4.69. The van der Waals surface area contributed by atoms with Gasteiger partial charge < -0.3 is 18.8 Å². The van der Waals surface area contributed by atoms with E-state index in [4.69, 9.17) is 13.9 Å². The predicted octanol–water partition coefficient (Wildman–Crippen LogP) is 4.74. The number of anilines is 1. The van der Waals surface area contributed by atoms with E-state index >= 15 is 0 Å². The number of amides is 1. The molecule has 4 heterocycles. The van der Waals surface area contributed by atoms with Gasteiger partial charge in [-0.05, 0) is 44.0 Å². The second-order valence-electron chi connectivity index (χ2n) is 8.67. The lowest BCUT2D eigenvalue weighted by Crippen LogP contribution is -2.40. The third kappa shape index (κ3) is 3.38. The minimum absolute atomic E-state index is 0.0156. The maximum Gasteiger partial charge on any atom is 0.400 e. The van der Waals surface area contributed by atoms with Gasteiger partial charge in [0.2, 0.25) is 5.91 Å². The molecule has 6 rings (SSSR count). The average Bonchev–Trinajstić information content (AvgIpc) is 3.39. The predicted molar refractivity (Wildman–Crippen MR) is 123 cm³/mol. The van der Waals surface area contributed by atoms with Gasteiger partial charge in [-0.15, -0.1) is 0 Å². The molecule has 2 aromatic heterocycles. The molecule has 1 amide bonds. The van der Waals surface area contributed by atoms with Crippen LogP contribution in [0.3, 0.4) is 0 Å². The molecule has 2 aromatic carbocycles. The lowest BCUT2D eigenvalue weighted by molar-refractivity contribution is -0.117. The van der Waals surface area contributed by atoms with Gasteiger partial charge in [0.05, 0.1) is 31.1 Å². The molecule has 2 aliphatic heterocycles. The van der Waals surface area contributed by atoms with Gasteiger partial charge in [0.15, 0.2) is 5.58 Å². The van der Waals surface area contributed by atoms with Gasteiger partial charge in [-0.25, -0.2) is 0 Å². The molecule has 4 aromatic rings. The molecule has 0 aliphatic carbocycles. The summed E-state index contributed by atoms with van der Waals surface area (Å²) in [7, 11) is 0. The Labute approximate surface area is 190 Å². The smallest absolute Gasteiger partial charge is 0.400 e. The molecule has 168 valence electrons. The second-order valence-corrected chi connectivity index (χ2v) is 8.67. The number of nitrogens with zero attached hydrogens (tertiary/aromatic N) is 4. The van der Waals surface area contributed by atoms with Crippen molar-refractivity contribution in [3.05, 3.63) is 54.4 Å². The highest BCUT2D eigenvalue weighted by Crippen LogP contribution is 2.45. The Balaban J connectivity index is 1.48. The second kappa shape index (κ2) is 7.74. The maximum atomic E-state index is 12.5. The molecule has 0 spiro atoms. The summed E-state index contributed by atoms with van der Waals surface area (Å²) in [5.41, 5.74) is 5.06. The molecule has 1 unspecified atom stereocenters. The van der Waals surface area contributed by atoms with Crippen molar-refractivity contribution in [2.75, 3.05) is 18.1 Å². The first-order valence-corrected chi connectivity index (χ1v) is 11.2. The Hall–Kier alpha value is -3.65. The molecule has 8 nitrogen and oxygen atoms in total. The average molecular weight is 444 g/mol. The van der Waals surface area contributed by atoms with Gasteiger partial charge in [0.25, 0.3) is 0 Å². The van der Waals surface area contributed by atoms with Crippen molar-refractivity contribution in [3.63, 3.8) is 0 Å². The summed E-state index contributed by atoms with van der Waals surface area (Å²) in [6.07, 6.45) is 5.67. The maximum absolute atomic E-state index is 12.5. The molecule has 1 saturated heterocycles. The van der Waals surface area contributed by atoms with Gasteiger partial charge in [-0.1, -0.05) is 12.1 Å². The van der Waals surface area contributed by atoms with Crippen molar-refractivity contribution in [1.82, 2.24) is 14.8 Å². The number of ether oxygens (including phenoxy) is 2. The summed E-state index contributed by atoms with van der Waals surface area (Å²) >= 11 is 0. The van der Waals surface area contributed by atoms with Crippen LogP contribution in [0.15, 0.2) is 53.2 Å². The number of para-hydroxylation sites is 2. The van der Waals surface area contributed by atoms with Crippen molar-refractivity contribution < 1.29 is 18.7 Å². The van der Waals surface area contributed by atoms with Crippen LogP contribution in [0.2, 0.25) is 0 Å². The van der Waals surface area contributed by atoms with E-state index in [2.05, 4.69) is 17.0 Å². The lowest BCUT2D eigenvalue weighted by atomic mass is 9.92. The topological polar surface area (TPSA) is 82.6 Å². The van der Waals surface area contributed by atoms with E-state index in [9.17, 15) is 4.79 Å². The molecule has 0 bridgehead atoms. The van der Waals surface area contributed by atoms with Crippen LogP contribution in [0.4, 0.5) is 5.69 Å². The molecule has 33 heavy (non-hydrogen) atoms. The van der Waals surface area contributed by atoms with Crippen LogP contribution in [0.1, 0.15) is 31.9 Å². The lowest BCUT2D eigenvalue weighted by Gasteiger charge is -2.35. The summed E-state index contributed by atoms with van der Waals surface area (Å²) in [5, 5.41) is 4.54. The molecule has 1 fully saturated rings. The van der Waals surface area contributed by atoms with E-state index in [0.717, 1.165) is 40.7 Å². The Bertz CT molecular complexity index is 1320.